The zero-order valence-corrected chi connectivity index (χ0v) is 13.3. The van der Waals surface area contributed by atoms with E-state index in [2.05, 4.69) is 46.4 Å². The van der Waals surface area contributed by atoms with Crippen LogP contribution in [0, 0.1) is 0 Å². The molecule has 1 fully saturated rings. The van der Waals surface area contributed by atoms with Crippen LogP contribution in [0.1, 0.15) is 44.2 Å². The maximum absolute atomic E-state index is 4.60. The average Bonchev–Trinajstić information content (AvgIpc) is 3.03. The lowest BCUT2D eigenvalue weighted by molar-refractivity contribution is 0.253. The van der Waals surface area contributed by atoms with Crippen LogP contribution in [0.25, 0.3) is 0 Å². The Morgan fingerprint density at radius 3 is 2.86 bits per heavy atom. The molecule has 3 nitrogen and oxygen atoms in total. The third-order valence-corrected chi connectivity index (χ3v) is 4.40. The number of benzene rings is 1. The molecule has 0 spiro atoms. The summed E-state index contributed by atoms with van der Waals surface area (Å²) in [4.78, 5) is 7.22. The van der Waals surface area contributed by atoms with Crippen LogP contribution in [0.5, 0.6) is 0 Å². The van der Waals surface area contributed by atoms with Gasteiger partial charge < -0.3 is 5.32 Å². The van der Waals surface area contributed by atoms with Crippen molar-refractivity contribution in [3.8, 4) is 0 Å². The second-order valence-electron chi connectivity index (χ2n) is 5.98. The van der Waals surface area contributed by atoms with Crippen molar-refractivity contribution in [1.29, 1.82) is 0 Å². The van der Waals surface area contributed by atoms with Crippen molar-refractivity contribution >= 4 is 11.5 Å². The molecule has 22 heavy (non-hydrogen) atoms. The van der Waals surface area contributed by atoms with Crippen molar-refractivity contribution in [3.05, 3.63) is 54.2 Å². The first kappa shape index (κ1) is 15.0. The normalized spacial score (nSPS) is 18.5. The molecular weight excluding hydrogens is 270 g/mol. The third kappa shape index (κ3) is 3.47. The van der Waals surface area contributed by atoms with E-state index in [0.29, 0.717) is 6.04 Å². The van der Waals surface area contributed by atoms with Crippen LogP contribution >= 0.6 is 0 Å². The molecule has 0 bridgehead atoms. The molecule has 2 heterocycles. The van der Waals surface area contributed by atoms with Crippen LogP contribution in [0.15, 0.2) is 48.7 Å². The first-order valence-corrected chi connectivity index (χ1v) is 8.39. The van der Waals surface area contributed by atoms with Crippen molar-refractivity contribution in [2.45, 2.75) is 38.6 Å². The summed E-state index contributed by atoms with van der Waals surface area (Å²) in [6.45, 7) is 4.67. The predicted molar refractivity (Wildman–Crippen MR) is 92.4 cm³/mol. The zero-order chi connectivity index (χ0) is 15.2. The number of hydrogen-bond acceptors (Lipinski definition) is 3. The molecule has 0 saturated carbocycles. The average molecular weight is 295 g/mol. The monoisotopic (exact) mass is 295 g/mol. The molecule has 0 aliphatic carbocycles. The van der Waals surface area contributed by atoms with Gasteiger partial charge in [-0.3, -0.25) is 4.90 Å². The van der Waals surface area contributed by atoms with Gasteiger partial charge in [-0.25, -0.2) is 4.98 Å². The van der Waals surface area contributed by atoms with Gasteiger partial charge in [0.15, 0.2) is 0 Å². The van der Waals surface area contributed by atoms with E-state index in [0.717, 1.165) is 11.5 Å². The minimum atomic E-state index is 0.506. The Bertz CT molecular complexity index is 582. The molecule has 0 amide bonds. The van der Waals surface area contributed by atoms with Gasteiger partial charge in [-0.1, -0.05) is 37.6 Å². The molecule has 1 aromatic heterocycles. The number of likely N-dealkylation sites (tertiary alicyclic amines) is 1. The van der Waals surface area contributed by atoms with E-state index in [9.17, 15) is 0 Å². The van der Waals surface area contributed by atoms with Gasteiger partial charge in [0.05, 0.1) is 0 Å². The number of anilines is 2. The fourth-order valence-corrected chi connectivity index (χ4v) is 3.26. The number of aromatic nitrogens is 1. The Hall–Kier alpha value is -1.87. The van der Waals surface area contributed by atoms with Crippen LogP contribution in [0.3, 0.4) is 0 Å². The summed E-state index contributed by atoms with van der Waals surface area (Å²) in [5, 5.41) is 3.49. The van der Waals surface area contributed by atoms with Crippen molar-refractivity contribution < 1.29 is 0 Å². The maximum Gasteiger partial charge on any atom is 0.135 e. The second kappa shape index (κ2) is 7.41. The molecule has 1 aliphatic heterocycles. The van der Waals surface area contributed by atoms with Crippen LogP contribution in [-0.2, 0) is 0 Å². The predicted octanol–water partition coefficient (Wildman–Crippen LogP) is 4.76. The summed E-state index contributed by atoms with van der Waals surface area (Å²) in [7, 11) is 0. The Kier molecular flexibility index (Phi) is 5.07. The van der Waals surface area contributed by atoms with Gasteiger partial charge in [-0.05, 0) is 50.6 Å². The molecule has 2 aromatic rings. The minimum absolute atomic E-state index is 0.506. The highest BCUT2D eigenvalue weighted by Gasteiger charge is 2.27. The molecular formula is C19H25N3. The highest BCUT2D eigenvalue weighted by atomic mass is 15.2. The Balaban J connectivity index is 1.81. The van der Waals surface area contributed by atoms with E-state index in [1.165, 1.54) is 44.3 Å². The summed E-state index contributed by atoms with van der Waals surface area (Å²) in [6, 6.07) is 15.1. The largest absolute Gasteiger partial charge is 0.340 e. The smallest absolute Gasteiger partial charge is 0.135 e. The quantitative estimate of drug-likeness (QED) is 0.832. The van der Waals surface area contributed by atoms with Gasteiger partial charge in [0, 0.05) is 23.5 Å². The maximum atomic E-state index is 4.60. The van der Waals surface area contributed by atoms with Gasteiger partial charge in [-0.15, -0.1) is 0 Å². The van der Waals surface area contributed by atoms with Crippen LogP contribution in [0.2, 0.25) is 0 Å². The SMILES string of the molecule is CCCCN1CCC[C@@H]1c1cccnc1Nc1ccccc1. The molecule has 1 aromatic carbocycles. The molecule has 1 aliphatic rings. The minimum Gasteiger partial charge on any atom is -0.340 e. The lowest BCUT2D eigenvalue weighted by Crippen LogP contribution is -2.25. The number of unbranched alkanes of at least 4 members (excludes halogenated alkanes) is 1. The van der Waals surface area contributed by atoms with E-state index < -0.39 is 0 Å². The summed E-state index contributed by atoms with van der Waals surface area (Å²) in [5.74, 6) is 1.00. The fourth-order valence-electron chi connectivity index (χ4n) is 3.26. The van der Waals surface area contributed by atoms with E-state index in [1.54, 1.807) is 0 Å². The number of hydrogen-bond donors (Lipinski definition) is 1. The first-order chi connectivity index (χ1) is 10.9. The standard InChI is InChI=1S/C19H25N3/c1-2-3-14-22-15-8-12-18(22)17-11-7-13-20-19(17)21-16-9-5-4-6-10-16/h4-7,9-11,13,18H,2-3,8,12,14-15H2,1H3,(H,20,21)/t18-/m1/s1. The van der Waals surface area contributed by atoms with Gasteiger partial charge in [-0.2, -0.15) is 0 Å². The van der Waals surface area contributed by atoms with Crippen molar-refractivity contribution in [2.24, 2.45) is 0 Å². The highest BCUT2D eigenvalue weighted by Crippen LogP contribution is 2.35. The first-order valence-electron chi connectivity index (χ1n) is 8.39. The van der Waals surface area contributed by atoms with E-state index >= 15 is 0 Å². The van der Waals surface area contributed by atoms with Gasteiger partial charge in [0.1, 0.15) is 5.82 Å². The number of nitrogens with one attached hydrogen (secondary N) is 1. The second-order valence-corrected chi connectivity index (χ2v) is 5.98. The van der Waals surface area contributed by atoms with Crippen molar-refractivity contribution in [2.75, 3.05) is 18.4 Å². The Morgan fingerprint density at radius 1 is 1.18 bits per heavy atom. The van der Waals surface area contributed by atoms with Crippen molar-refractivity contribution in [1.82, 2.24) is 9.88 Å². The van der Waals surface area contributed by atoms with E-state index in [-0.39, 0.29) is 0 Å². The summed E-state index contributed by atoms with van der Waals surface area (Å²) >= 11 is 0. The number of rotatable bonds is 6. The molecule has 1 saturated heterocycles. The lowest BCUT2D eigenvalue weighted by Gasteiger charge is -2.26. The van der Waals surface area contributed by atoms with Crippen LogP contribution in [0.4, 0.5) is 11.5 Å². The highest BCUT2D eigenvalue weighted by molar-refractivity contribution is 5.59. The number of para-hydroxylation sites is 1. The molecule has 116 valence electrons. The van der Waals surface area contributed by atoms with Crippen molar-refractivity contribution in [3.63, 3.8) is 0 Å². The van der Waals surface area contributed by atoms with Crippen LogP contribution < -0.4 is 5.32 Å². The molecule has 3 rings (SSSR count). The van der Waals surface area contributed by atoms with Crippen LogP contribution in [-0.4, -0.2) is 23.0 Å². The molecule has 0 radical (unpaired) electrons. The molecule has 3 heteroatoms. The van der Waals surface area contributed by atoms with Gasteiger partial charge in [0.2, 0.25) is 0 Å². The number of pyridine rings is 1. The topological polar surface area (TPSA) is 28.2 Å². The van der Waals surface area contributed by atoms with E-state index in [1.807, 2.05) is 24.4 Å². The fraction of sp³-hybridized carbons (Fsp3) is 0.421. The summed E-state index contributed by atoms with van der Waals surface area (Å²) in [6.07, 6.45) is 6.93. The number of nitrogens with zero attached hydrogens (tertiary/aromatic N) is 2. The third-order valence-electron chi connectivity index (χ3n) is 4.40. The van der Waals surface area contributed by atoms with Gasteiger partial charge >= 0.3 is 0 Å². The molecule has 0 unspecified atom stereocenters. The molecule has 1 atom stereocenters. The van der Waals surface area contributed by atoms with E-state index in [4.69, 9.17) is 0 Å². The Labute approximate surface area is 133 Å². The lowest BCUT2D eigenvalue weighted by atomic mass is 10.0. The Morgan fingerprint density at radius 2 is 2.05 bits per heavy atom. The molecule has 1 N–H and O–H groups in total. The zero-order valence-electron chi connectivity index (χ0n) is 13.3. The van der Waals surface area contributed by atoms with Gasteiger partial charge in [0.25, 0.3) is 0 Å². The summed E-state index contributed by atoms with van der Waals surface area (Å²) in [5.41, 5.74) is 2.43. The summed E-state index contributed by atoms with van der Waals surface area (Å²) < 4.78 is 0.